The van der Waals surface area contributed by atoms with Crippen LogP contribution in [-0.4, -0.2) is 32.8 Å². The Bertz CT molecular complexity index is 888. The van der Waals surface area contributed by atoms with E-state index in [0.717, 1.165) is 43.0 Å². The summed E-state index contributed by atoms with van der Waals surface area (Å²) in [5.41, 5.74) is 1.14. The zero-order chi connectivity index (χ0) is 17.2. The van der Waals surface area contributed by atoms with Crippen LogP contribution in [0, 0.1) is 11.6 Å². The highest BCUT2D eigenvalue weighted by Crippen LogP contribution is 2.25. The minimum Gasteiger partial charge on any atom is -0.365 e. The van der Waals surface area contributed by atoms with Crippen LogP contribution >= 0.6 is 0 Å². The zero-order valence-corrected chi connectivity index (χ0v) is 13.5. The molecule has 25 heavy (non-hydrogen) atoms. The number of hydrogen-bond acceptors (Lipinski definition) is 5. The maximum atomic E-state index is 13.8. The predicted molar refractivity (Wildman–Crippen MR) is 90.1 cm³/mol. The molecule has 1 aliphatic heterocycles. The highest BCUT2D eigenvalue weighted by molar-refractivity contribution is 5.86. The fraction of sp³-hybridized carbons (Fsp3) is 0.353. The summed E-state index contributed by atoms with van der Waals surface area (Å²) in [6.45, 7) is 2.13. The molecule has 0 saturated carbocycles. The Morgan fingerprint density at radius 3 is 2.84 bits per heavy atom. The van der Waals surface area contributed by atoms with Crippen molar-refractivity contribution in [1.29, 1.82) is 0 Å². The van der Waals surface area contributed by atoms with E-state index in [-0.39, 0.29) is 6.54 Å². The first-order valence-corrected chi connectivity index (χ1v) is 8.29. The van der Waals surface area contributed by atoms with Crippen molar-refractivity contribution in [3.63, 3.8) is 0 Å². The lowest BCUT2D eigenvalue weighted by Gasteiger charge is -2.23. The van der Waals surface area contributed by atoms with E-state index in [2.05, 4.69) is 25.7 Å². The lowest BCUT2D eigenvalue weighted by molar-refractivity contribution is 0.349. The van der Waals surface area contributed by atoms with Gasteiger partial charge in [0.05, 0.1) is 17.6 Å². The summed E-state index contributed by atoms with van der Waals surface area (Å²) in [5, 5.41) is 11.7. The van der Waals surface area contributed by atoms with Gasteiger partial charge >= 0.3 is 0 Å². The molecule has 0 bridgehead atoms. The molecule has 3 aromatic rings. The van der Waals surface area contributed by atoms with Crippen LogP contribution in [0.3, 0.4) is 0 Å². The Hall–Kier alpha value is -2.61. The normalized spacial score (nSPS) is 15.6. The summed E-state index contributed by atoms with van der Waals surface area (Å²) in [5.74, 6) is -0.578. The van der Waals surface area contributed by atoms with Crippen LogP contribution in [0.4, 0.5) is 14.6 Å². The molecule has 4 rings (SSSR count). The van der Waals surface area contributed by atoms with Gasteiger partial charge < -0.3 is 10.6 Å². The number of aromatic nitrogens is 4. The van der Waals surface area contributed by atoms with E-state index in [1.807, 2.05) is 4.68 Å². The molecule has 1 aliphatic rings. The van der Waals surface area contributed by atoms with Crippen molar-refractivity contribution in [2.75, 3.05) is 18.4 Å². The first kappa shape index (κ1) is 15.9. The number of anilines is 1. The summed E-state index contributed by atoms with van der Waals surface area (Å²) in [6, 6.07) is 3.86. The monoisotopic (exact) mass is 344 g/mol. The number of halogens is 2. The third-order valence-corrected chi connectivity index (χ3v) is 4.51. The van der Waals surface area contributed by atoms with Crippen LogP contribution in [0.1, 0.15) is 24.4 Å². The number of rotatable bonds is 4. The predicted octanol–water partition coefficient (Wildman–Crippen LogP) is 2.64. The van der Waals surface area contributed by atoms with Gasteiger partial charge in [-0.15, -0.1) is 0 Å². The molecule has 130 valence electrons. The Morgan fingerprint density at radius 1 is 1.20 bits per heavy atom. The third-order valence-electron chi connectivity index (χ3n) is 4.51. The van der Waals surface area contributed by atoms with E-state index in [4.69, 9.17) is 0 Å². The molecule has 0 amide bonds. The van der Waals surface area contributed by atoms with Crippen molar-refractivity contribution in [2.45, 2.75) is 25.4 Å². The molecular weight excluding hydrogens is 326 g/mol. The molecule has 0 unspecified atom stereocenters. The van der Waals surface area contributed by atoms with Gasteiger partial charge in [0.2, 0.25) is 0 Å². The van der Waals surface area contributed by atoms with Crippen LogP contribution in [-0.2, 0) is 6.54 Å². The minimum absolute atomic E-state index is 0.205. The second-order valence-corrected chi connectivity index (χ2v) is 6.12. The molecule has 0 radical (unpaired) electrons. The van der Waals surface area contributed by atoms with Crippen molar-refractivity contribution >= 4 is 16.9 Å². The maximum absolute atomic E-state index is 13.8. The molecule has 0 spiro atoms. The smallest absolute Gasteiger partial charge is 0.163 e. The van der Waals surface area contributed by atoms with E-state index in [1.54, 1.807) is 6.20 Å². The third kappa shape index (κ3) is 3.17. The van der Waals surface area contributed by atoms with Crippen LogP contribution in [0.25, 0.3) is 11.0 Å². The Balaban J connectivity index is 1.58. The largest absolute Gasteiger partial charge is 0.365 e. The number of fused-ring (bicyclic) bond motifs is 1. The van der Waals surface area contributed by atoms with Gasteiger partial charge in [-0.2, -0.15) is 5.10 Å². The van der Waals surface area contributed by atoms with Crippen molar-refractivity contribution < 1.29 is 8.78 Å². The first-order chi connectivity index (χ1) is 12.2. The fourth-order valence-electron chi connectivity index (χ4n) is 3.17. The van der Waals surface area contributed by atoms with Gasteiger partial charge in [-0.05, 0) is 32.0 Å². The molecule has 1 fully saturated rings. The quantitative estimate of drug-likeness (QED) is 0.762. The van der Waals surface area contributed by atoms with Crippen LogP contribution < -0.4 is 10.6 Å². The number of piperidine rings is 1. The molecule has 3 heterocycles. The molecule has 2 N–H and O–H groups in total. The number of hydrogen-bond donors (Lipinski definition) is 2. The van der Waals surface area contributed by atoms with Gasteiger partial charge in [0.25, 0.3) is 0 Å². The minimum atomic E-state index is -0.589. The molecule has 1 aromatic carbocycles. The van der Waals surface area contributed by atoms with Crippen molar-refractivity contribution in [3.8, 4) is 0 Å². The lowest BCUT2D eigenvalue weighted by atomic mass is 10.1. The van der Waals surface area contributed by atoms with Gasteiger partial charge in [-0.1, -0.05) is 6.07 Å². The van der Waals surface area contributed by atoms with Gasteiger partial charge in [0, 0.05) is 18.2 Å². The van der Waals surface area contributed by atoms with Gasteiger partial charge in [0.1, 0.15) is 23.8 Å². The van der Waals surface area contributed by atoms with Crippen molar-refractivity contribution in [3.05, 3.63) is 47.9 Å². The average Bonchev–Trinajstić information content (AvgIpc) is 3.06. The first-order valence-electron chi connectivity index (χ1n) is 8.29. The highest BCUT2D eigenvalue weighted by atomic mass is 19.1. The molecule has 2 aromatic heterocycles. The lowest BCUT2D eigenvalue weighted by Crippen LogP contribution is -2.29. The topological polar surface area (TPSA) is 67.7 Å². The molecule has 0 aliphatic carbocycles. The highest BCUT2D eigenvalue weighted by Gasteiger charge is 2.19. The molecule has 6 nitrogen and oxygen atoms in total. The van der Waals surface area contributed by atoms with E-state index >= 15 is 0 Å². The van der Waals surface area contributed by atoms with E-state index in [1.165, 1.54) is 18.5 Å². The second-order valence-electron chi connectivity index (χ2n) is 6.12. The maximum Gasteiger partial charge on any atom is 0.163 e. The van der Waals surface area contributed by atoms with Crippen molar-refractivity contribution in [1.82, 2.24) is 25.1 Å². The Morgan fingerprint density at radius 2 is 2.04 bits per heavy atom. The molecule has 0 atom stereocenters. The molecular formula is C17H18F2N6. The van der Waals surface area contributed by atoms with Crippen molar-refractivity contribution in [2.24, 2.45) is 0 Å². The summed E-state index contributed by atoms with van der Waals surface area (Å²) < 4.78 is 28.7. The fourth-order valence-corrected chi connectivity index (χ4v) is 3.17. The van der Waals surface area contributed by atoms with Gasteiger partial charge in [-0.25, -0.2) is 23.4 Å². The Labute approximate surface area is 143 Å². The standard InChI is InChI=1S/C17H18F2N6/c18-12-2-1-11(15(19)7-12)8-21-16-14-9-24-25(17(14)23-10-22-16)13-3-5-20-6-4-13/h1-2,7,9-10,13,20H,3-6,8H2,(H,21,22,23). The number of nitrogens with one attached hydrogen (secondary N) is 2. The average molecular weight is 344 g/mol. The van der Waals surface area contributed by atoms with Crippen LogP contribution in [0.5, 0.6) is 0 Å². The van der Waals surface area contributed by atoms with E-state index in [0.29, 0.717) is 17.4 Å². The molecule has 1 saturated heterocycles. The van der Waals surface area contributed by atoms with Gasteiger partial charge in [0.15, 0.2) is 5.65 Å². The summed E-state index contributed by atoms with van der Waals surface area (Å²) >= 11 is 0. The molecule has 8 heteroatoms. The van der Waals surface area contributed by atoms with Gasteiger partial charge in [-0.3, -0.25) is 0 Å². The summed E-state index contributed by atoms with van der Waals surface area (Å²) in [7, 11) is 0. The summed E-state index contributed by atoms with van der Waals surface area (Å²) in [6.07, 6.45) is 5.22. The van der Waals surface area contributed by atoms with Crippen LogP contribution in [0.2, 0.25) is 0 Å². The number of nitrogens with zero attached hydrogens (tertiary/aromatic N) is 4. The zero-order valence-electron chi connectivity index (χ0n) is 13.5. The second kappa shape index (κ2) is 6.72. The SMILES string of the molecule is Fc1ccc(CNc2ncnc3c2cnn3C2CCNCC2)c(F)c1. The van der Waals surface area contributed by atoms with E-state index in [9.17, 15) is 8.78 Å². The van der Waals surface area contributed by atoms with E-state index < -0.39 is 11.6 Å². The number of benzene rings is 1. The summed E-state index contributed by atoms with van der Waals surface area (Å²) in [4.78, 5) is 8.61. The van der Waals surface area contributed by atoms with Crippen LogP contribution in [0.15, 0.2) is 30.7 Å². The Kier molecular flexibility index (Phi) is 4.27.